The number of anilines is 1. The van der Waals surface area contributed by atoms with Crippen molar-refractivity contribution in [2.75, 3.05) is 12.3 Å². The van der Waals surface area contributed by atoms with E-state index in [2.05, 4.69) is 10.3 Å². The lowest BCUT2D eigenvalue weighted by Gasteiger charge is -2.08. The Kier molecular flexibility index (Phi) is 4.99. The van der Waals surface area contributed by atoms with Crippen LogP contribution in [0.3, 0.4) is 0 Å². The highest BCUT2D eigenvalue weighted by molar-refractivity contribution is 6.11. The summed E-state index contributed by atoms with van der Waals surface area (Å²) < 4.78 is 15.5. The van der Waals surface area contributed by atoms with Gasteiger partial charge in [0.05, 0.1) is 16.7 Å². The fourth-order valence-corrected chi connectivity index (χ4v) is 3.82. The average Bonchev–Trinajstić information content (AvgIpc) is 3.08. The van der Waals surface area contributed by atoms with Gasteiger partial charge in [0.15, 0.2) is 5.65 Å². The molecule has 0 fully saturated rings. The number of carbonyl (C=O) groups is 1. The van der Waals surface area contributed by atoms with E-state index in [0.29, 0.717) is 40.9 Å². The predicted octanol–water partition coefficient (Wildman–Crippen LogP) is 4.27. The Bertz CT molecular complexity index is 1450. The number of nitrogens with one attached hydrogen (secondary N) is 1. The van der Waals surface area contributed by atoms with Crippen LogP contribution in [-0.2, 0) is 6.42 Å². The molecule has 0 saturated heterocycles. The van der Waals surface area contributed by atoms with Gasteiger partial charge in [-0.15, -0.1) is 0 Å². The first-order valence-corrected chi connectivity index (χ1v) is 10.3. The first-order valence-electron chi connectivity index (χ1n) is 10.3. The fourth-order valence-electron chi connectivity index (χ4n) is 3.82. The number of rotatable bonds is 5. The molecule has 1 amide bonds. The number of nitrogen functional groups attached to an aromatic ring is 1. The van der Waals surface area contributed by atoms with Crippen molar-refractivity contribution in [3.8, 4) is 5.69 Å². The van der Waals surface area contributed by atoms with Crippen LogP contribution in [0.25, 0.3) is 27.9 Å². The number of carbonyl (C=O) groups excluding carboxylic acids is 1. The van der Waals surface area contributed by atoms with Crippen LogP contribution in [0.15, 0.2) is 78.9 Å². The van der Waals surface area contributed by atoms with Gasteiger partial charge in [0.1, 0.15) is 22.7 Å². The normalized spacial score (nSPS) is 11.2. The predicted molar refractivity (Wildman–Crippen MR) is 123 cm³/mol. The maximum atomic E-state index is 14.0. The van der Waals surface area contributed by atoms with Crippen LogP contribution in [0.1, 0.15) is 15.9 Å². The Morgan fingerprint density at radius 2 is 1.66 bits per heavy atom. The molecule has 158 valence electrons. The molecule has 0 atom stereocenters. The molecule has 6 nitrogen and oxygen atoms in total. The van der Waals surface area contributed by atoms with Crippen LogP contribution in [0.2, 0.25) is 0 Å². The second kappa shape index (κ2) is 8.11. The van der Waals surface area contributed by atoms with Crippen molar-refractivity contribution >= 4 is 33.9 Å². The Balaban J connectivity index is 1.60. The zero-order valence-corrected chi connectivity index (χ0v) is 17.1. The first kappa shape index (κ1) is 19.7. The molecule has 0 saturated carbocycles. The maximum absolute atomic E-state index is 14.0. The first-order chi connectivity index (χ1) is 15.6. The lowest BCUT2D eigenvalue weighted by atomic mass is 10.1. The second-order valence-electron chi connectivity index (χ2n) is 7.45. The van der Waals surface area contributed by atoms with Crippen LogP contribution >= 0.6 is 0 Å². The van der Waals surface area contributed by atoms with Gasteiger partial charge in [-0.3, -0.25) is 9.36 Å². The minimum absolute atomic E-state index is 0.165. The molecule has 0 bridgehead atoms. The van der Waals surface area contributed by atoms with E-state index in [4.69, 9.17) is 10.7 Å². The molecule has 0 aliphatic heterocycles. The number of amides is 1. The third-order valence-electron chi connectivity index (χ3n) is 5.33. The number of aromatic nitrogens is 3. The van der Waals surface area contributed by atoms with E-state index in [0.717, 1.165) is 5.56 Å². The van der Waals surface area contributed by atoms with E-state index in [1.165, 1.54) is 12.1 Å². The van der Waals surface area contributed by atoms with Gasteiger partial charge in [0.2, 0.25) is 0 Å². The molecule has 5 aromatic rings. The third kappa shape index (κ3) is 3.54. The number of benzene rings is 3. The average molecular weight is 425 g/mol. The van der Waals surface area contributed by atoms with Gasteiger partial charge in [-0.2, -0.15) is 0 Å². The fraction of sp³-hybridized carbons (Fsp3) is 0.0800. The van der Waals surface area contributed by atoms with Crippen LogP contribution in [0, 0.1) is 5.82 Å². The summed E-state index contributed by atoms with van der Waals surface area (Å²) in [6, 6.07) is 23.3. The second-order valence-corrected chi connectivity index (χ2v) is 7.45. The van der Waals surface area contributed by atoms with Gasteiger partial charge in [-0.05, 0) is 42.3 Å². The number of para-hydroxylation sites is 2. The number of hydrogen-bond donors (Lipinski definition) is 2. The summed E-state index contributed by atoms with van der Waals surface area (Å²) >= 11 is 0. The molecule has 0 radical (unpaired) electrons. The molecular weight excluding hydrogens is 405 g/mol. The largest absolute Gasteiger partial charge is 0.384 e. The molecule has 3 aromatic carbocycles. The SMILES string of the molecule is Nc1c(C(=O)NCCc2ccccc2)c2nc3ccccc3nc2n1-c1cccc(F)c1. The lowest BCUT2D eigenvalue weighted by molar-refractivity contribution is 0.0956. The van der Waals surface area contributed by atoms with Crippen LogP contribution in [0.4, 0.5) is 10.2 Å². The highest BCUT2D eigenvalue weighted by Gasteiger charge is 2.24. The van der Waals surface area contributed by atoms with Crippen molar-refractivity contribution in [3.63, 3.8) is 0 Å². The molecule has 0 aliphatic carbocycles. The lowest BCUT2D eigenvalue weighted by Crippen LogP contribution is -2.26. The molecule has 0 unspecified atom stereocenters. The molecule has 0 spiro atoms. The summed E-state index contributed by atoms with van der Waals surface area (Å²) in [6.45, 7) is 0.440. The van der Waals surface area contributed by atoms with Crippen LogP contribution in [0.5, 0.6) is 0 Å². The van der Waals surface area contributed by atoms with Gasteiger partial charge < -0.3 is 11.1 Å². The summed E-state index contributed by atoms with van der Waals surface area (Å²) in [7, 11) is 0. The number of hydrogen-bond acceptors (Lipinski definition) is 4. The quantitative estimate of drug-likeness (QED) is 0.440. The molecule has 7 heteroatoms. The van der Waals surface area contributed by atoms with Crippen LogP contribution < -0.4 is 11.1 Å². The zero-order chi connectivity index (χ0) is 22.1. The monoisotopic (exact) mass is 425 g/mol. The third-order valence-corrected chi connectivity index (χ3v) is 5.33. The van der Waals surface area contributed by atoms with Crippen molar-refractivity contribution in [1.82, 2.24) is 19.9 Å². The molecule has 3 N–H and O–H groups in total. The van der Waals surface area contributed by atoms with E-state index >= 15 is 0 Å². The van der Waals surface area contributed by atoms with E-state index in [1.54, 1.807) is 16.7 Å². The molecule has 0 aliphatic rings. The molecular formula is C25H20FN5O. The van der Waals surface area contributed by atoms with Gasteiger partial charge in [-0.1, -0.05) is 48.5 Å². The molecule has 32 heavy (non-hydrogen) atoms. The Morgan fingerprint density at radius 3 is 2.41 bits per heavy atom. The Morgan fingerprint density at radius 1 is 0.938 bits per heavy atom. The van der Waals surface area contributed by atoms with E-state index in [-0.39, 0.29) is 17.3 Å². The van der Waals surface area contributed by atoms with E-state index in [9.17, 15) is 9.18 Å². The maximum Gasteiger partial charge on any atom is 0.257 e. The summed E-state index contributed by atoms with van der Waals surface area (Å²) in [5.74, 6) is -0.590. The summed E-state index contributed by atoms with van der Waals surface area (Å²) in [4.78, 5) is 22.5. The van der Waals surface area contributed by atoms with E-state index < -0.39 is 5.82 Å². The minimum atomic E-state index is -0.411. The highest BCUT2D eigenvalue weighted by atomic mass is 19.1. The molecule has 2 aromatic heterocycles. The Hall–Kier alpha value is -4.26. The number of nitrogens with two attached hydrogens (primary N) is 1. The van der Waals surface area contributed by atoms with Crippen molar-refractivity contribution < 1.29 is 9.18 Å². The van der Waals surface area contributed by atoms with Gasteiger partial charge >= 0.3 is 0 Å². The van der Waals surface area contributed by atoms with Crippen molar-refractivity contribution in [1.29, 1.82) is 0 Å². The smallest absolute Gasteiger partial charge is 0.257 e. The van der Waals surface area contributed by atoms with Gasteiger partial charge in [0, 0.05) is 6.54 Å². The number of fused-ring (bicyclic) bond motifs is 2. The summed E-state index contributed by atoms with van der Waals surface area (Å²) in [6.07, 6.45) is 0.684. The molecule has 2 heterocycles. The minimum Gasteiger partial charge on any atom is -0.384 e. The Labute approximate surface area is 183 Å². The standard InChI is InChI=1S/C25H20FN5O/c26-17-9-6-10-18(15-17)31-23(27)21(25(32)28-14-13-16-7-2-1-3-8-16)22-24(31)30-20-12-5-4-11-19(20)29-22/h1-12,15H,13-14,27H2,(H,28,32). The van der Waals surface area contributed by atoms with Crippen molar-refractivity contribution in [2.45, 2.75) is 6.42 Å². The topological polar surface area (TPSA) is 85.8 Å². The highest BCUT2D eigenvalue weighted by Crippen LogP contribution is 2.31. The van der Waals surface area contributed by atoms with Crippen molar-refractivity contribution in [3.05, 3.63) is 95.8 Å². The summed E-state index contributed by atoms with van der Waals surface area (Å²) in [5.41, 5.74) is 10.4. The molecule has 5 rings (SSSR count). The number of nitrogens with zero attached hydrogens (tertiary/aromatic N) is 3. The van der Waals surface area contributed by atoms with Gasteiger partial charge in [-0.25, -0.2) is 14.4 Å². The number of halogens is 1. The zero-order valence-electron chi connectivity index (χ0n) is 17.1. The van der Waals surface area contributed by atoms with Crippen LogP contribution in [-0.4, -0.2) is 27.0 Å². The van der Waals surface area contributed by atoms with Crippen molar-refractivity contribution in [2.24, 2.45) is 0 Å². The van der Waals surface area contributed by atoms with Gasteiger partial charge in [0.25, 0.3) is 5.91 Å². The summed E-state index contributed by atoms with van der Waals surface area (Å²) in [5, 5.41) is 2.93. The van der Waals surface area contributed by atoms with E-state index in [1.807, 2.05) is 54.6 Å².